The van der Waals surface area contributed by atoms with Crippen molar-refractivity contribution in [3.8, 4) is 0 Å². The Kier molecular flexibility index (Phi) is 6.76. The molecule has 0 aromatic carbocycles. The molecule has 3 heterocycles. The van der Waals surface area contributed by atoms with Gasteiger partial charge in [-0.25, -0.2) is 32.8 Å². The van der Waals surface area contributed by atoms with Crippen LogP contribution in [0.3, 0.4) is 0 Å². The predicted octanol–water partition coefficient (Wildman–Crippen LogP) is -0.562. The van der Waals surface area contributed by atoms with E-state index in [1.54, 1.807) is 0 Å². The van der Waals surface area contributed by atoms with Crippen LogP contribution in [-0.2, 0) is 31.9 Å². The van der Waals surface area contributed by atoms with Crippen LogP contribution in [0.1, 0.15) is 18.7 Å². The molecule has 0 aliphatic carbocycles. The van der Waals surface area contributed by atoms with Crippen molar-refractivity contribution in [3.63, 3.8) is 0 Å². The summed E-state index contributed by atoms with van der Waals surface area (Å²) in [6.45, 7) is -0.314. The highest BCUT2D eigenvalue weighted by atomic mass is 32.1. The molecule has 2 aromatic rings. The Labute approximate surface area is 181 Å². The number of nitrogens with zero attached hydrogens (tertiary/aromatic N) is 3. The summed E-state index contributed by atoms with van der Waals surface area (Å²) in [7, 11) is -17.4. The van der Waals surface area contributed by atoms with Crippen molar-refractivity contribution in [1.82, 2.24) is 19.6 Å². The van der Waals surface area contributed by atoms with Crippen molar-refractivity contribution >= 4 is 34.0 Å². The number of nitrogen functional groups attached to an aromatic ring is 1. The van der Waals surface area contributed by atoms with Crippen molar-refractivity contribution in [2.75, 3.05) is 12.3 Å². The highest BCUT2D eigenvalue weighted by Gasteiger charge is 2.58. The van der Waals surface area contributed by atoms with Crippen LogP contribution in [0.25, 0.3) is 5.65 Å². The summed E-state index contributed by atoms with van der Waals surface area (Å²) < 4.78 is 67.7. The smallest absolute Gasteiger partial charge is 0.387 e. The number of aromatic amines is 1. The van der Waals surface area contributed by atoms with Gasteiger partial charge in [0.15, 0.2) is 5.67 Å². The highest BCUT2D eigenvalue weighted by Crippen LogP contribution is 2.84. The van der Waals surface area contributed by atoms with Crippen molar-refractivity contribution < 1.29 is 61.4 Å². The number of phosphoric acid groups is 1. The molecular weight excluding hydrogens is 522 g/mol. The lowest BCUT2D eigenvalue weighted by atomic mass is 9.93. The zero-order valence-electron chi connectivity index (χ0n) is 16.2. The maximum absolute atomic E-state index is 15.4. The van der Waals surface area contributed by atoms with Gasteiger partial charge in [0.05, 0.1) is 18.5 Å². The Morgan fingerprint density at radius 1 is 1.36 bits per heavy atom. The number of fused-ring (bicyclic) bond motifs is 1. The molecule has 1 aliphatic heterocycles. The van der Waals surface area contributed by atoms with Crippen molar-refractivity contribution in [2.24, 2.45) is 0 Å². The van der Waals surface area contributed by atoms with Crippen LogP contribution in [0.5, 0.6) is 0 Å². The molecular formula is C11H17FN5O13P3. The van der Waals surface area contributed by atoms with E-state index < -0.39 is 58.5 Å². The second kappa shape index (κ2) is 8.57. The number of H-pyrrole nitrogens is 1. The zero-order chi connectivity index (χ0) is 25.0. The number of hydrogen-bond acceptors (Lipinski definition) is 13. The molecule has 2 aromatic heterocycles. The normalized spacial score (nSPS) is 29.7. The van der Waals surface area contributed by atoms with Gasteiger partial charge in [0.25, 0.3) is 5.56 Å². The Hall–Kier alpha value is -1.59. The predicted molar refractivity (Wildman–Crippen MR) is 101 cm³/mol. The van der Waals surface area contributed by atoms with Crippen LogP contribution < -0.4 is 11.3 Å². The molecule has 186 valence electrons. The largest absolute Gasteiger partial charge is 0.477 e. The van der Waals surface area contributed by atoms with E-state index in [0.29, 0.717) is 0 Å². The number of aliphatic hydroxyl groups is 1. The molecule has 1 saturated heterocycles. The van der Waals surface area contributed by atoms with Crippen LogP contribution >= 0.6 is 22.4 Å². The molecule has 0 bridgehead atoms. The molecule has 0 spiro atoms. The van der Waals surface area contributed by atoms with Crippen LogP contribution in [0, 0.1) is 0 Å². The fraction of sp³-hybridized carbons (Fsp3) is 0.545. The molecule has 6 atom stereocenters. The van der Waals surface area contributed by atoms with E-state index in [1.807, 2.05) is 0 Å². The first-order valence-electron chi connectivity index (χ1n) is 8.46. The molecule has 0 saturated carbocycles. The van der Waals surface area contributed by atoms with Gasteiger partial charge in [0.1, 0.15) is 18.3 Å². The highest BCUT2D eigenvalue weighted by molar-refractivity contribution is 8.28. The monoisotopic (exact) mass is 539 g/mol. The van der Waals surface area contributed by atoms with Crippen molar-refractivity contribution in [2.45, 2.75) is 30.9 Å². The number of halogens is 1. The van der Waals surface area contributed by atoms with E-state index in [9.17, 15) is 28.5 Å². The lowest BCUT2D eigenvalue weighted by Gasteiger charge is -2.23. The molecule has 0 amide bonds. The number of alkyl halides is 1. The minimum atomic E-state index is -5.87. The number of rotatable bonds is 8. The summed E-state index contributed by atoms with van der Waals surface area (Å²) in [5.74, 6) is -0.350. The number of hydrogen-bond donors (Lipinski definition) is 7. The molecule has 1 aliphatic rings. The average Bonchev–Trinajstić information content (AvgIpc) is 3.18. The van der Waals surface area contributed by atoms with Crippen molar-refractivity contribution in [3.05, 3.63) is 22.2 Å². The third-order valence-corrected chi connectivity index (χ3v) is 10.5. The molecule has 0 radical (unpaired) electrons. The lowest BCUT2D eigenvalue weighted by molar-refractivity contribution is -0.142. The quantitative estimate of drug-likeness (QED) is 0.126. The summed E-state index contributed by atoms with van der Waals surface area (Å²) >= 11 is 0. The summed E-state index contributed by atoms with van der Waals surface area (Å²) in [6.07, 6.45) is -4.49. The summed E-state index contributed by atoms with van der Waals surface area (Å²) in [4.78, 5) is 44.9. The molecule has 2 unspecified atom stereocenters. The first-order valence-corrected chi connectivity index (χ1v) is 13.8. The van der Waals surface area contributed by atoms with Gasteiger partial charge in [-0.2, -0.15) is 4.31 Å². The van der Waals surface area contributed by atoms with Gasteiger partial charge in [-0.3, -0.25) is 14.3 Å². The van der Waals surface area contributed by atoms with Crippen LogP contribution in [-0.4, -0.2) is 69.1 Å². The second-order valence-corrected chi connectivity index (χ2v) is 13.8. The van der Waals surface area contributed by atoms with Gasteiger partial charge in [-0.1, -0.05) is 0 Å². The Bertz CT molecular complexity index is 1260. The second-order valence-electron chi connectivity index (χ2n) is 6.82. The molecule has 18 nitrogen and oxygen atoms in total. The number of imidazole rings is 1. The van der Waals surface area contributed by atoms with Crippen LogP contribution in [0.2, 0.25) is 0 Å². The average molecular weight is 539 g/mol. The number of aromatic nitrogens is 4. The summed E-state index contributed by atoms with van der Waals surface area (Å²) in [5, 5.41) is 22.7. The molecule has 33 heavy (non-hydrogen) atoms. The third kappa shape index (κ3) is 4.81. The van der Waals surface area contributed by atoms with Gasteiger partial charge in [0, 0.05) is 0 Å². The Morgan fingerprint density at radius 3 is 2.58 bits per heavy atom. The van der Waals surface area contributed by atoms with Gasteiger partial charge < -0.3 is 30.3 Å². The van der Waals surface area contributed by atoms with Crippen molar-refractivity contribution in [1.29, 1.82) is 0 Å². The van der Waals surface area contributed by atoms with Gasteiger partial charge >= 0.3 is 22.4 Å². The Morgan fingerprint density at radius 2 is 2.00 bits per heavy atom. The molecule has 22 heteroatoms. The minimum absolute atomic E-state index is 0.185. The standard InChI is InChI=1S/C11H17FN5O13P3/c1-11(12)6(18)5(3-27-32(24,25)33(26,29-20)30-31(21,22)23)28-7(11)4-2-14-8-9(19)15-10(13)16-17(4)8/h2,5-7,18,20H,3H2,1H3,(H,24,25)(H2,21,22,23)(H3,13,15,16,19)/t5-,6-,7+,11-,33?/m1/s1. The van der Waals surface area contributed by atoms with E-state index in [1.165, 1.54) is 0 Å². The zero-order valence-corrected chi connectivity index (χ0v) is 18.8. The Balaban J connectivity index is 1.86. The number of aliphatic hydroxyl groups excluding tert-OH is 1. The van der Waals surface area contributed by atoms with Crippen LogP contribution in [0.15, 0.2) is 11.0 Å². The lowest BCUT2D eigenvalue weighted by Crippen LogP contribution is -2.39. The topological polar surface area (TPSA) is 278 Å². The molecule has 3 rings (SSSR count). The number of anilines is 1. The van der Waals surface area contributed by atoms with E-state index in [0.717, 1.165) is 17.6 Å². The fourth-order valence-electron chi connectivity index (χ4n) is 2.98. The van der Waals surface area contributed by atoms with Gasteiger partial charge in [-0.15, -0.1) is 9.77 Å². The minimum Gasteiger partial charge on any atom is -0.387 e. The van der Waals surface area contributed by atoms with E-state index in [4.69, 9.17) is 25.5 Å². The summed E-state index contributed by atoms with van der Waals surface area (Å²) in [6, 6.07) is 0. The molecule has 1 fully saturated rings. The van der Waals surface area contributed by atoms with E-state index >= 15 is 4.39 Å². The third-order valence-electron chi connectivity index (χ3n) is 4.47. The summed E-state index contributed by atoms with van der Waals surface area (Å²) in [5.41, 5.74) is 1.59. The van der Waals surface area contributed by atoms with E-state index in [2.05, 4.69) is 28.6 Å². The number of nitrogens with one attached hydrogen (secondary N) is 1. The maximum atomic E-state index is 15.4. The first kappa shape index (κ1) is 26.0. The number of nitrogens with two attached hydrogens (primary N) is 1. The first-order chi connectivity index (χ1) is 15.0. The van der Waals surface area contributed by atoms with Gasteiger partial charge in [-0.05, 0) is 6.92 Å². The van der Waals surface area contributed by atoms with Crippen LogP contribution in [0.4, 0.5) is 10.3 Å². The SMILES string of the molecule is C[C@@]1(F)[C@H](O)[C@@H](COP(=O)(O)P(=O)(OO)OP(=O)(O)O)O[C@H]1c1cnc2c(=O)[nH]c(N)nn12. The van der Waals surface area contributed by atoms with E-state index in [-0.39, 0.29) is 17.3 Å². The fourth-order valence-corrected chi connectivity index (χ4v) is 7.70. The maximum Gasteiger partial charge on any atom is 0.477 e. The number of ether oxygens (including phenoxy) is 1. The van der Waals surface area contributed by atoms with Gasteiger partial charge in [0.2, 0.25) is 11.6 Å². The molecule has 8 N–H and O–H groups in total.